The van der Waals surface area contributed by atoms with Crippen molar-refractivity contribution in [3.63, 3.8) is 0 Å². The molecule has 1 saturated carbocycles. The van der Waals surface area contributed by atoms with E-state index in [-0.39, 0.29) is 11.3 Å². The van der Waals surface area contributed by atoms with Crippen molar-refractivity contribution < 1.29 is 17.9 Å². The molecule has 3 rings (SSSR count). The predicted molar refractivity (Wildman–Crippen MR) is 142 cm³/mol. The number of nitrogens with one attached hydrogen (secondary N) is 2. The molecule has 2 aliphatic rings. The molecule has 9 nitrogen and oxygen atoms in total. The van der Waals surface area contributed by atoms with Crippen molar-refractivity contribution in [1.82, 2.24) is 24.8 Å². The van der Waals surface area contributed by atoms with Crippen molar-refractivity contribution in [3.8, 4) is 0 Å². The van der Waals surface area contributed by atoms with Crippen LogP contribution in [0.2, 0.25) is 0 Å². The van der Waals surface area contributed by atoms with E-state index in [9.17, 15) is 13.2 Å². The highest BCUT2D eigenvalue weighted by molar-refractivity contribution is 7.90. The minimum absolute atomic E-state index is 0.0258. The summed E-state index contributed by atoms with van der Waals surface area (Å²) in [4.78, 5) is 21.4. The van der Waals surface area contributed by atoms with E-state index in [2.05, 4.69) is 19.9 Å². The van der Waals surface area contributed by atoms with Crippen molar-refractivity contribution in [3.05, 3.63) is 30.1 Å². The molecule has 1 aromatic heterocycles. The van der Waals surface area contributed by atoms with Crippen LogP contribution in [0.25, 0.3) is 0 Å². The number of nitrogens with zero attached hydrogens (tertiary/aromatic N) is 3. The Morgan fingerprint density at radius 3 is 2.53 bits per heavy atom. The van der Waals surface area contributed by atoms with Crippen LogP contribution in [0.15, 0.2) is 24.5 Å². The molecule has 2 amide bonds. The topological polar surface area (TPSA) is 104 Å². The molecular formula is C26H45N5O4S. The number of carbonyl (C=O) groups excluding carboxylic acids is 1. The number of rotatable bonds is 16. The minimum Gasteiger partial charge on any atom is -0.379 e. The number of carbonyl (C=O) groups is 1. The van der Waals surface area contributed by atoms with Gasteiger partial charge in [-0.3, -0.25) is 9.88 Å². The molecule has 0 spiro atoms. The van der Waals surface area contributed by atoms with Crippen molar-refractivity contribution in [2.75, 3.05) is 52.5 Å². The number of sulfonamides is 1. The van der Waals surface area contributed by atoms with E-state index in [1.165, 1.54) is 0 Å². The molecule has 1 aliphatic carbocycles. The zero-order valence-electron chi connectivity index (χ0n) is 21.7. The third kappa shape index (κ3) is 10.7. The first kappa shape index (κ1) is 28.8. The Bertz CT molecular complexity index is 843. The second kappa shape index (κ2) is 16.2. The quantitative estimate of drug-likeness (QED) is 0.323. The molecule has 204 valence electrons. The van der Waals surface area contributed by atoms with Gasteiger partial charge in [-0.1, -0.05) is 38.2 Å². The highest BCUT2D eigenvalue weighted by atomic mass is 32.2. The first-order chi connectivity index (χ1) is 17.5. The summed E-state index contributed by atoms with van der Waals surface area (Å²) in [7, 11) is -3.14. The van der Waals surface area contributed by atoms with Gasteiger partial charge >= 0.3 is 6.03 Å². The van der Waals surface area contributed by atoms with E-state index in [1.807, 2.05) is 17.0 Å². The zero-order chi connectivity index (χ0) is 25.5. The Kier molecular flexibility index (Phi) is 12.9. The van der Waals surface area contributed by atoms with E-state index in [0.29, 0.717) is 13.1 Å². The molecule has 1 aromatic rings. The number of urea groups is 1. The van der Waals surface area contributed by atoms with Gasteiger partial charge < -0.3 is 15.0 Å². The van der Waals surface area contributed by atoms with Crippen LogP contribution in [-0.2, 0) is 21.3 Å². The Balaban J connectivity index is 1.32. The van der Waals surface area contributed by atoms with Gasteiger partial charge in [-0.25, -0.2) is 17.9 Å². The van der Waals surface area contributed by atoms with Crippen LogP contribution in [0.3, 0.4) is 0 Å². The number of amides is 2. The molecule has 36 heavy (non-hydrogen) atoms. The standard InChI is InChI=1S/C26H45N5O4S/c32-26(28-23-24-10-8-13-27-22-24)31(17-9-15-30-18-20-35-21-19-30)16-7-3-1-2-6-14-29-36(33,34)25-11-4-5-12-25/h8,10,13,22,25,29H,1-7,9,11-12,14-21,23H2,(H,28,32). The van der Waals surface area contributed by atoms with Crippen LogP contribution in [0.5, 0.6) is 0 Å². The van der Waals surface area contributed by atoms with Gasteiger partial charge in [-0.15, -0.1) is 0 Å². The highest BCUT2D eigenvalue weighted by Gasteiger charge is 2.27. The molecular weight excluding hydrogens is 478 g/mol. The van der Waals surface area contributed by atoms with Crippen LogP contribution in [0, 0.1) is 0 Å². The Morgan fingerprint density at radius 1 is 1.06 bits per heavy atom. The lowest BCUT2D eigenvalue weighted by Gasteiger charge is -2.28. The molecule has 0 bridgehead atoms. The lowest BCUT2D eigenvalue weighted by atomic mass is 10.1. The number of aromatic nitrogens is 1. The Labute approximate surface area is 217 Å². The molecule has 0 unspecified atom stereocenters. The summed E-state index contributed by atoms with van der Waals surface area (Å²) in [5.74, 6) is 0. The van der Waals surface area contributed by atoms with Crippen molar-refractivity contribution in [2.45, 2.75) is 76.0 Å². The molecule has 2 N–H and O–H groups in total. The van der Waals surface area contributed by atoms with Gasteiger partial charge in [0.05, 0.1) is 18.5 Å². The molecule has 1 saturated heterocycles. The molecule has 0 aromatic carbocycles. The Morgan fingerprint density at radius 2 is 1.78 bits per heavy atom. The third-order valence-corrected chi connectivity index (χ3v) is 9.06. The first-order valence-electron chi connectivity index (χ1n) is 13.7. The lowest BCUT2D eigenvalue weighted by molar-refractivity contribution is 0.0365. The highest BCUT2D eigenvalue weighted by Crippen LogP contribution is 2.23. The summed E-state index contributed by atoms with van der Waals surface area (Å²) >= 11 is 0. The summed E-state index contributed by atoms with van der Waals surface area (Å²) in [6.45, 7) is 6.96. The van der Waals surface area contributed by atoms with Gasteiger partial charge in [0.15, 0.2) is 0 Å². The fourth-order valence-corrected chi connectivity index (χ4v) is 6.52. The Hall–Kier alpha value is -1.75. The van der Waals surface area contributed by atoms with Crippen molar-refractivity contribution in [2.24, 2.45) is 0 Å². The molecule has 2 heterocycles. The van der Waals surface area contributed by atoms with Crippen molar-refractivity contribution >= 4 is 16.1 Å². The fourth-order valence-electron chi connectivity index (χ4n) is 4.91. The molecule has 0 radical (unpaired) electrons. The summed E-state index contributed by atoms with van der Waals surface area (Å²) in [5.41, 5.74) is 0.989. The summed E-state index contributed by atoms with van der Waals surface area (Å²) < 4.78 is 32.8. The number of ether oxygens (including phenoxy) is 1. The second-order valence-corrected chi connectivity index (χ2v) is 12.0. The average Bonchev–Trinajstić information content (AvgIpc) is 3.45. The maximum Gasteiger partial charge on any atom is 0.317 e. The summed E-state index contributed by atoms with van der Waals surface area (Å²) in [6, 6.07) is 3.81. The van der Waals surface area contributed by atoms with E-state index in [4.69, 9.17) is 4.74 Å². The predicted octanol–water partition coefficient (Wildman–Crippen LogP) is 3.13. The number of hydrogen-bond donors (Lipinski definition) is 2. The van der Waals surface area contributed by atoms with Gasteiger partial charge in [0, 0.05) is 58.2 Å². The van der Waals surface area contributed by atoms with Gasteiger partial charge in [-0.05, 0) is 43.7 Å². The summed E-state index contributed by atoms with van der Waals surface area (Å²) in [5, 5.41) is 2.86. The van der Waals surface area contributed by atoms with Crippen LogP contribution < -0.4 is 10.0 Å². The molecule has 10 heteroatoms. The maximum absolute atomic E-state index is 12.9. The smallest absolute Gasteiger partial charge is 0.317 e. The number of pyridine rings is 1. The van der Waals surface area contributed by atoms with E-state index in [1.54, 1.807) is 12.4 Å². The first-order valence-corrected chi connectivity index (χ1v) is 15.3. The third-order valence-electron chi connectivity index (χ3n) is 7.11. The molecule has 1 aliphatic heterocycles. The number of unbranched alkanes of at least 4 members (excludes halogenated alkanes) is 4. The van der Waals surface area contributed by atoms with Crippen LogP contribution in [0.4, 0.5) is 4.79 Å². The largest absolute Gasteiger partial charge is 0.379 e. The van der Waals surface area contributed by atoms with E-state index < -0.39 is 10.0 Å². The van der Waals surface area contributed by atoms with Crippen LogP contribution in [-0.4, -0.2) is 87.0 Å². The van der Waals surface area contributed by atoms with E-state index in [0.717, 1.165) is 116 Å². The van der Waals surface area contributed by atoms with Crippen LogP contribution in [0.1, 0.15) is 69.8 Å². The second-order valence-electron chi connectivity index (χ2n) is 9.93. The normalized spacial score (nSPS) is 17.3. The number of hydrogen-bond acceptors (Lipinski definition) is 6. The fraction of sp³-hybridized carbons (Fsp3) is 0.769. The monoisotopic (exact) mass is 523 g/mol. The van der Waals surface area contributed by atoms with Gasteiger partial charge in [0.1, 0.15) is 0 Å². The average molecular weight is 524 g/mol. The lowest BCUT2D eigenvalue weighted by Crippen LogP contribution is -2.42. The van der Waals surface area contributed by atoms with Crippen LogP contribution >= 0.6 is 0 Å². The van der Waals surface area contributed by atoms with Gasteiger partial charge in [-0.2, -0.15) is 0 Å². The van der Waals surface area contributed by atoms with Crippen molar-refractivity contribution in [1.29, 1.82) is 0 Å². The minimum atomic E-state index is -3.14. The SMILES string of the molecule is O=C(NCc1cccnc1)N(CCCCCCCNS(=O)(=O)C1CCCC1)CCCN1CCOCC1. The van der Waals surface area contributed by atoms with Gasteiger partial charge in [0.25, 0.3) is 0 Å². The maximum atomic E-state index is 12.9. The number of morpholine rings is 1. The van der Waals surface area contributed by atoms with Gasteiger partial charge in [0.2, 0.25) is 10.0 Å². The van der Waals surface area contributed by atoms with E-state index >= 15 is 0 Å². The zero-order valence-corrected chi connectivity index (χ0v) is 22.5. The summed E-state index contributed by atoms with van der Waals surface area (Å²) in [6.07, 6.45) is 13.0. The molecule has 0 atom stereocenters. The molecule has 2 fully saturated rings.